The molecular formula is C16H25F3N6. The summed E-state index contributed by atoms with van der Waals surface area (Å²) in [5.41, 5.74) is 0.941. The molecule has 1 aromatic rings. The molecule has 9 heteroatoms. The van der Waals surface area contributed by atoms with Crippen molar-refractivity contribution < 1.29 is 13.2 Å². The van der Waals surface area contributed by atoms with Crippen LogP contribution in [0.1, 0.15) is 12.0 Å². The fourth-order valence-electron chi connectivity index (χ4n) is 2.47. The number of anilines is 1. The average Bonchev–Trinajstić information content (AvgIpc) is 2.58. The first-order chi connectivity index (χ1) is 11.9. The Morgan fingerprint density at radius 3 is 2.48 bits per heavy atom. The lowest BCUT2D eigenvalue weighted by atomic mass is 10.2. The van der Waals surface area contributed by atoms with Crippen LogP contribution in [0.25, 0.3) is 0 Å². The SMILES string of the molecule is CN=C(NCCC(F)(F)F)NCc1ccc(N2CCN(C)CC2)nc1. The van der Waals surface area contributed by atoms with Crippen LogP contribution in [-0.2, 0) is 6.54 Å². The van der Waals surface area contributed by atoms with E-state index in [0.29, 0.717) is 12.5 Å². The summed E-state index contributed by atoms with van der Waals surface area (Å²) >= 11 is 0. The molecule has 0 aliphatic carbocycles. The summed E-state index contributed by atoms with van der Waals surface area (Å²) in [7, 11) is 3.63. The number of aliphatic imine (C=N–C) groups is 1. The number of rotatable bonds is 5. The molecule has 1 aliphatic heterocycles. The monoisotopic (exact) mass is 358 g/mol. The molecule has 2 N–H and O–H groups in total. The van der Waals surface area contributed by atoms with Crippen LogP contribution in [0, 0.1) is 0 Å². The van der Waals surface area contributed by atoms with Crippen molar-refractivity contribution in [3.05, 3.63) is 23.9 Å². The van der Waals surface area contributed by atoms with E-state index in [1.807, 2.05) is 12.1 Å². The smallest absolute Gasteiger partial charge is 0.356 e. The van der Waals surface area contributed by atoms with Gasteiger partial charge in [-0.3, -0.25) is 4.99 Å². The first kappa shape index (κ1) is 19.3. The maximum absolute atomic E-state index is 12.2. The van der Waals surface area contributed by atoms with Crippen molar-refractivity contribution in [2.75, 3.05) is 51.7 Å². The first-order valence-corrected chi connectivity index (χ1v) is 8.27. The van der Waals surface area contributed by atoms with Gasteiger partial charge in [0.05, 0.1) is 6.42 Å². The molecule has 1 fully saturated rings. The molecule has 1 saturated heterocycles. The molecule has 0 bridgehead atoms. The topological polar surface area (TPSA) is 55.8 Å². The number of pyridine rings is 1. The minimum atomic E-state index is -4.17. The Balaban J connectivity index is 1.78. The summed E-state index contributed by atoms with van der Waals surface area (Å²) in [5.74, 6) is 1.29. The molecule has 140 valence electrons. The van der Waals surface area contributed by atoms with Crippen LogP contribution in [0.5, 0.6) is 0 Å². The van der Waals surface area contributed by atoms with Crippen molar-refractivity contribution in [3.63, 3.8) is 0 Å². The lowest BCUT2D eigenvalue weighted by Crippen LogP contribution is -2.44. The van der Waals surface area contributed by atoms with Crippen molar-refractivity contribution in [3.8, 4) is 0 Å². The fraction of sp³-hybridized carbons (Fsp3) is 0.625. The molecule has 0 spiro atoms. The molecule has 1 aromatic heterocycles. The minimum Gasteiger partial charge on any atom is -0.356 e. The molecule has 0 aromatic carbocycles. The highest BCUT2D eigenvalue weighted by Crippen LogP contribution is 2.18. The number of hydrogen-bond donors (Lipinski definition) is 2. The quantitative estimate of drug-likeness (QED) is 0.616. The van der Waals surface area contributed by atoms with Gasteiger partial charge in [0, 0.05) is 52.5 Å². The minimum absolute atomic E-state index is 0.205. The molecule has 2 rings (SSSR count). The molecular weight excluding hydrogens is 333 g/mol. The number of alkyl halides is 3. The van der Waals surface area contributed by atoms with Crippen LogP contribution in [0.4, 0.5) is 19.0 Å². The Bertz CT molecular complexity index is 550. The van der Waals surface area contributed by atoms with Crippen LogP contribution in [0.2, 0.25) is 0 Å². The number of halogens is 3. The van der Waals surface area contributed by atoms with Crippen LogP contribution in [-0.4, -0.2) is 68.8 Å². The van der Waals surface area contributed by atoms with Gasteiger partial charge in [-0.05, 0) is 18.7 Å². The second kappa shape index (κ2) is 8.89. The van der Waals surface area contributed by atoms with Gasteiger partial charge in [-0.15, -0.1) is 0 Å². The van der Waals surface area contributed by atoms with Gasteiger partial charge in [0.15, 0.2) is 5.96 Å². The standard InChI is InChI=1S/C16H25F3N6/c1-20-15(21-6-5-16(17,18)19)23-12-13-3-4-14(22-11-13)25-9-7-24(2)8-10-25/h3-4,11H,5-10,12H2,1-2H3,(H2,20,21,23). The van der Waals surface area contributed by atoms with E-state index in [1.165, 1.54) is 7.05 Å². The highest BCUT2D eigenvalue weighted by molar-refractivity contribution is 5.79. The molecule has 0 unspecified atom stereocenters. The predicted octanol–water partition coefficient (Wildman–Crippen LogP) is 1.45. The van der Waals surface area contributed by atoms with E-state index in [1.54, 1.807) is 6.20 Å². The summed E-state index contributed by atoms with van der Waals surface area (Å²) in [4.78, 5) is 12.9. The normalized spacial score (nSPS) is 16.8. The summed E-state index contributed by atoms with van der Waals surface area (Å²) in [6.07, 6.45) is -3.28. The number of guanidine groups is 1. The number of nitrogens with one attached hydrogen (secondary N) is 2. The first-order valence-electron chi connectivity index (χ1n) is 8.27. The van der Waals surface area contributed by atoms with E-state index in [4.69, 9.17) is 0 Å². The third-order valence-corrected chi connectivity index (χ3v) is 4.02. The number of piperazine rings is 1. The Hall–Kier alpha value is -2.03. The second-order valence-corrected chi connectivity index (χ2v) is 6.03. The van der Waals surface area contributed by atoms with Gasteiger partial charge in [-0.25, -0.2) is 4.98 Å². The van der Waals surface area contributed by atoms with Gasteiger partial charge in [0.25, 0.3) is 0 Å². The summed E-state index contributed by atoms with van der Waals surface area (Å²) < 4.78 is 36.5. The van der Waals surface area contributed by atoms with Gasteiger partial charge in [0.1, 0.15) is 5.82 Å². The third-order valence-electron chi connectivity index (χ3n) is 4.02. The lowest BCUT2D eigenvalue weighted by Gasteiger charge is -2.33. The molecule has 0 amide bonds. The molecule has 6 nitrogen and oxygen atoms in total. The molecule has 0 saturated carbocycles. The molecule has 2 heterocycles. The number of nitrogens with zero attached hydrogens (tertiary/aromatic N) is 4. The summed E-state index contributed by atoms with van der Waals surface area (Å²) in [5, 5.41) is 5.64. The average molecular weight is 358 g/mol. The summed E-state index contributed by atoms with van der Waals surface area (Å²) in [6.45, 7) is 4.19. The van der Waals surface area contributed by atoms with E-state index in [-0.39, 0.29) is 6.54 Å². The van der Waals surface area contributed by atoms with Gasteiger partial charge < -0.3 is 20.4 Å². The van der Waals surface area contributed by atoms with Crippen LogP contribution in [0.3, 0.4) is 0 Å². The molecule has 0 atom stereocenters. The Morgan fingerprint density at radius 1 is 1.20 bits per heavy atom. The molecule has 0 radical (unpaired) electrons. The predicted molar refractivity (Wildman–Crippen MR) is 92.8 cm³/mol. The van der Waals surface area contributed by atoms with Crippen molar-refractivity contribution in [1.82, 2.24) is 20.5 Å². The van der Waals surface area contributed by atoms with E-state index >= 15 is 0 Å². The lowest BCUT2D eigenvalue weighted by molar-refractivity contribution is -0.132. The second-order valence-electron chi connectivity index (χ2n) is 6.03. The Kier molecular flexibility index (Phi) is 6.86. The Labute approximate surface area is 146 Å². The van der Waals surface area contributed by atoms with Crippen molar-refractivity contribution in [2.24, 2.45) is 4.99 Å². The zero-order valence-corrected chi connectivity index (χ0v) is 14.6. The third kappa shape index (κ3) is 6.77. The van der Waals surface area contributed by atoms with Gasteiger partial charge in [-0.1, -0.05) is 6.07 Å². The number of likely N-dealkylation sites (N-methyl/N-ethyl adjacent to an activating group) is 1. The number of hydrogen-bond acceptors (Lipinski definition) is 4. The van der Waals surface area contributed by atoms with Crippen LogP contribution in [0.15, 0.2) is 23.3 Å². The van der Waals surface area contributed by atoms with Crippen molar-refractivity contribution in [1.29, 1.82) is 0 Å². The van der Waals surface area contributed by atoms with Gasteiger partial charge >= 0.3 is 6.18 Å². The van der Waals surface area contributed by atoms with Gasteiger partial charge in [0.2, 0.25) is 0 Å². The fourth-order valence-corrected chi connectivity index (χ4v) is 2.47. The highest BCUT2D eigenvalue weighted by atomic mass is 19.4. The van der Waals surface area contributed by atoms with Crippen molar-refractivity contribution in [2.45, 2.75) is 19.1 Å². The van der Waals surface area contributed by atoms with E-state index < -0.39 is 12.6 Å². The van der Waals surface area contributed by atoms with Gasteiger partial charge in [-0.2, -0.15) is 13.2 Å². The Morgan fingerprint density at radius 2 is 1.92 bits per heavy atom. The maximum Gasteiger partial charge on any atom is 0.390 e. The number of aromatic nitrogens is 1. The highest BCUT2D eigenvalue weighted by Gasteiger charge is 2.26. The van der Waals surface area contributed by atoms with Crippen molar-refractivity contribution >= 4 is 11.8 Å². The zero-order chi connectivity index (χ0) is 18.3. The van der Waals surface area contributed by atoms with E-state index in [9.17, 15) is 13.2 Å². The largest absolute Gasteiger partial charge is 0.390 e. The van der Waals surface area contributed by atoms with Crippen LogP contribution < -0.4 is 15.5 Å². The summed E-state index contributed by atoms with van der Waals surface area (Å²) in [6, 6.07) is 3.94. The van der Waals surface area contributed by atoms with E-state index in [2.05, 4.69) is 37.5 Å². The van der Waals surface area contributed by atoms with Crippen LogP contribution >= 0.6 is 0 Å². The molecule has 1 aliphatic rings. The van der Waals surface area contributed by atoms with E-state index in [0.717, 1.165) is 37.6 Å². The maximum atomic E-state index is 12.2. The molecule has 25 heavy (non-hydrogen) atoms. The zero-order valence-electron chi connectivity index (χ0n) is 14.6.